The van der Waals surface area contributed by atoms with E-state index in [1.54, 1.807) is 12.3 Å². The maximum absolute atomic E-state index is 11.7. The van der Waals surface area contributed by atoms with Gasteiger partial charge in [-0.1, -0.05) is 18.5 Å². The largest absolute Gasteiger partial charge is 0.330 e. The van der Waals surface area contributed by atoms with Crippen molar-refractivity contribution in [3.63, 3.8) is 0 Å². The number of halogens is 1. The Labute approximate surface area is 100 Å². The number of anilines is 1. The zero-order valence-electron chi connectivity index (χ0n) is 9.24. The Morgan fingerprint density at radius 2 is 2.44 bits per heavy atom. The SMILES string of the molecule is CC(CCCN)C(=O)Nc1cnccc1Cl. The Balaban J connectivity index is 2.54. The van der Waals surface area contributed by atoms with Gasteiger partial charge in [0.25, 0.3) is 0 Å². The van der Waals surface area contributed by atoms with Crippen LogP contribution in [0, 0.1) is 5.92 Å². The molecule has 0 bridgehead atoms. The van der Waals surface area contributed by atoms with Crippen LogP contribution >= 0.6 is 11.6 Å². The summed E-state index contributed by atoms with van der Waals surface area (Å²) in [6, 6.07) is 1.64. The lowest BCUT2D eigenvalue weighted by atomic mass is 10.0. The standard InChI is InChI=1S/C11H16ClN3O/c1-8(3-2-5-13)11(16)15-10-7-14-6-4-9(10)12/h4,6-8H,2-3,5,13H2,1H3,(H,15,16). The first-order valence-electron chi connectivity index (χ1n) is 5.25. The van der Waals surface area contributed by atoms with Gasteiger partial charge in [0.05, 0.1) is 16.9 Å². The first-order valence-corrected chi connectivity index (χ1v) is 5.63. The molecule has 1 rings (SSSR count). The molecule has 0 fully saturated rings. The van der Waals surface area contributed by atoms with E-state index in [4.69, 9.17) is 17.3 Å². The molecule has 0 aromatic carbocycles. The van der Waals surface area contributed by atoms with Gasteiger partial charge in [0.1, 0.15) is 0 Å². The van der Waals surface area contributed by atoms with Crippen LogP contribution in [0.15, 0.2) is 18.5 Å². The van der Waals surface area contributed by atoms with Gasteiger partial charge in [-0.3, -0.25) is 9.78 Å². The van der Waals surface area contributed by atoms with Gasteiger partial charge in [0, 0.05) is 12.1 Å². The minimum absolute atomic E-state index is 0.0525. The van der Waals surface area contributed by atoms with Crippen LogP contribution in [-0.2, 0) is 4.79 Å². The number of nitrogens with zero attached hydrogens (tertiary/aromatic N) is 1. The van der Waals surface area contributed by atoms with Crippen molar-refractivity contribution in [3.05, 3.63) is 23.5 Å². The molecule has 0 saturated carbocycles. The van der Waals surface area contributed by atoms with Gasteiger partial charge in [-0.15, -0.1) is 0 Å². The number of nitrogens with one attached hydrogen (secondary N) is 1. The third-order valence-electron chi connectivity index (χ3n) is 2.31. The smallest absolute Gasteiger partial charge is 0.227 e. The Kier molecular flexibility index (Phi) is 5.22. The predicted octanol–water partition coefficient (Wildman–Crippen LogP) is 2.05. The number of hydrogen-bond acceptors (Lipinski definition) is 3. The highest BCUT2D eigenvalue weighted by Gasteiger charge is 2.13. The van der Waals surface area contributed by atoms with Crippen LogP contribution in [-0.4, -0.2) is 17.4 Å². The second-order valence-electron chi connectivity index (χ2n) is 3.68. The summed E-state index contributed by atoms with van der Waals surface area (Å²) < 4.78 is 0. The van der Waals surface area contributed by atoms with Gasteiger partial charge >= 0.3 is 0 Å². The second-order valence-corrected chi connectivity index (χ2v) is 4.08. The van der Waals surface area contributed by atoms with Gasteiger partial charge in [-0.2, -0.15) is 0 Å². The van der Waals surface area contributed by atoms with Gasteiger partial charge in [0.2, 0.25) is 5.91 Å². The van der Waals surface area contributed by atoms with Crippen molar-refractivity contribution in [1.29, 1.82) is 0 Å². The van der Waals surface area contributed by atoms with Crippen LogP contribution in [0.1, 0.15) is 19.8 Å². The first kappa shape index (κ1) is 12.9. The highest BCUT2D eigenvalue weighted by molar-refractivity contribution is 6.33. The van der Waals surface area contributed by atoms with E-state index in [9.17, 15) is 4.79 Å². The molecule has 4 nitrogen and oxygen atoms in total. The molecule has 1 aromatic rings. The molecule has 0 aliphatic carbocycles. The summed E-state index contributed by atoms with van der Waals surface area (Å²) >= 11 is 5.90. The Morgan fingerprint density at radius 3 is 3.06 bits per heavy atom. The Morgan fingerprint density at radius 1 is 1.69 bits per heavy atom. The molecule has 1 amide bonds. The average molecular weight is 242 g/mol. The summed E-state index contributed by atoms with van der Waals surface area (Å²) in [5.74, 6) is -0.122. The Hall–Kier alpha value is -1.13. The van der Waals surface area contributed by atoms with E-state index in [1.165, 1.54) is 6.20 Å². The molecule has 0 saturated heterocycles. The molecule has 0 radical (unpaired) electrons. The second kappa shape index (κ2) is 6.45. The molecule has 16 heavy (non-hydrogen) atoms. The number of carbonyl (C=O) groups excluding carboxylic acids is 1. The van der Waals surface area contributed by atoms with Crippen LogP contribution < -0.4 is 11.1 Å². The molecule has 1 heterocycles. The molecule has 88 valence electrons. The number of hydrogen-bond donors (Lipinski definition) is 2. The van der Waals surface area contributed by atoms with Crippen molar-refractivity contribution in [1.82, 2.24) is 4.98 Å². The topological polar surface area (TPSA) is 68.0 Å². The molecule has 1 aromatic heterocycles. The molecule has 1 unspecified atom stereocenters. The van der Waals surface area contributed by atoms with Crippen molar-refractivity contribution in [2.24, 2.45) is 11.7 Å². The highest BCUT2D eigenvalue weighted by Crippen LogP contribution is 2.20. The van der Waals surface area contributed by atoms with Gasteiger partial charge < -0.3 is 11.1 Å². The van der Waals surface area contributed by atoms with Crippen LogP contribution in [0.5, 0.6) is 0 Å². The predicted molar refractivity (Wildman–Crippen MR) is 65.3 cm³/mol. The van der Waals surface area contributed by atoms with Crippen molar-refractivity contribution < 1.29 is 4.79 Å². The fourth-order valence-electron chi connectivity index (χ4n) is 1.28. The van der Waals surface area contributed by atoms with Crippen molar-refractivity contribution in [3.8, 4) is 0 Å². The first-order chi connectivity index (χ1) is 7.65. The molecule has 5 heteroatoms. The number of aromatic nitrogens is 1. The molecular weight excluding hydrogens is 226 g/mol. The molecule has 0 aliphatic rings. The zero-order valence-corrected chi connectivity index (χ0v) is 10.00. The van der Waals surface area contributed by atoms with Crippen LogP contribution in [0.3, 0.4) is 0 Å². The van der Waals surface area contributed by atoms with Crippen LogP contribution in [0.25, 0.3) is 0 Å². The summed E-state index contributed by atoms with van der Waals surface area (Å²) in [5, 5.41) is 3.24. The maximum Gasteiger partial charge on any atom is 0.227 e. The lowest BCUT2D eigenvalue weighted by molar-refractivity contribution is -0.119. The van der Waals surface area contributed by atoms with Crippen molar-refractivity contribution in [2.45, 2.75) is 19.8 Å². The number of carbonyl (C=O) groups is 1. The minimum Gasteiger partial charge on any atom is -0.330 e. The summed E-state index contributed by atoms with van der Waals surface area (Å²) in [6.07, 6.45) is 4.74. The van der Waals surface area contributed by atoms with E-state index >= 15 is 0 Å². The number of pyridine rings is 1. The molecule has 0 aliphatic heterocycles. The minimum atomic E-state index is -0.0696. The van der Waals surface area contributed by atoms with Crippen molar-refractivity contribution >= 4 is 23.2 Å². The van der Waals surface area contributed by atoms with E-state index in [2.05, 4.69) is 10.3 Å². The lowest BCUT2D eigenvalue weighted by Gasteiger charge is -2.12. The summed E-state index contributed by atoms with van der Waals surface area (Å²) in [4.78, 5) is 15.6. The number of rotatable bonds is 5. The summed E-state index contributed by atoms with van der Waals surface area (Å²) in [6.45, 7) is 2.47. The Bertz CT molecular complexity index is 357. The van der Waals surface area contributed by atoms with Crippen molar-refractivity contribution in [2.75, 3.05) is 11.9 Å². The van der Waals surface area contributed by atoms with Gasteiger partial charge in [0.15, 0.2) is 0 Å². The van der Waals surface area contributed by atoms with Crippen LogP contribution in [0.4, 0.5) is 5.69 Å². The quantitative estimate of drug-likeness (QED) is 0.829. The molecular formula is C11H16ClN3O. The fraction of sp³-hybridized carbons (Fsp3) is 0.455. The van der Waals surface area contributed by atoms with Crippen LogP contribution in [0.2, 0.25) is 5.02 Å². The van der Waals surface area contributed by atoms with E-state index in [1.807, 2.05) is 6.92 Å². The fourth-order valence-corrected chi connectivity index (χ4v) is 1.43. The highest BCUT2D eigenvalue weighted by atomic mass is 35.5. The zero-order chi connectivity index (χ0) is 12.0. The maximum atomic E-state index is 11.7. The molecule has 0 spiro atoms. The number of nitrogens with two attached hydrogens (primary N) is 1. The van der Waals surface area contributed by atoms with Gasteiger partial charge in [-0.05, 0) is 25.5 Å². The third-order valence-corrected chi connectivity index (χ3v) is 2.64. The van der Waals surface area contributed by atoms with E-state index in [-0.39, 0.29) is 11.8 Å². The van der Waals surface area contributed by atoms with E-state index < -0.39 is 0 Å². The van der Waals surface area contributed by atoms with E-state index in [0.717, 1.165) is 12.8 Å². The van der Waals surface area contributed by atoms with E-state index in [0.29, 0.717) is 17.3 Å². The third kappa shape index (κ3) is 3.79. The summed E-state index contributed by atoms with van der Waals surface area (Å²) in [5.41, 5.74) is 5.94. The monoisotopic (exact) mass is 241 g/mol. The molecule has 3 N–H and O–H groups in total. The molecule has 1 atom stereocenters. The lowest BCUT2D eigenvalue weighted by Crippen LogP contribution is -2.21. The summed E-state index contributed by atoms with van der Waals surface area (Å²) in [7, 11) is 0. The van der Waals surface area contributed by atoms with Gasteiger partial charge in [-0.25, -0.2) is 0 Å². The normalized spacial score (nSPS) is 12.2. The average Bonchev–Trinajstić information content (AvgIpc) is 2.28. The number of amides is 1.